The fourth-order valence-electron chi connectivity index (χ4n) is 4.22. The normalized spacial score (nSPS) is 23.9. The van der Waals surface area contributed by atoms with E-state index in [-0.39, 0.29) is 18.1 Å². The van der Waals surface area contributed by atoms with Crippen molar-refractivity contribution in [3.8, 4) is 0 Å². The van der Waals surface area contributed by atoms with Crippen LogP contribution >= 0.6 is 0 Å². The summed E-state index contributed by atoms with van der Waals surface area (Å²) in [5.41, 5.74) is 2.86. The van der Waals surface area contributed by atoms with E-state index in [4.69, 9.17) is 4.74 Å². The van der Waals surface area contributed by atoms with Crippen molar-refractivity contribution in [2.24, 2.45) is 0 Å². The van der Waals surface area contributed by atoms with Crippen molar-refractivity contribution in [1.29, 1.82) is 0 Å². The topological polar surface area (TPSA) is 58.6 Å². The lowest BCUT2D eigenvalue weighted by Gasteiger charge is -2.53. The van der Waals surface area contributed by atoms with Gasteiger partial charge in [0.15, 0.2) is 0 Å². The Morgan fingerprint density at radius 2 is 1.89 bits per heavy atom. The smallest absolute Gasteiger partial charge is 0.255 e. The molecule has 0 aliphatic carbocycles. The van der Waals surface area contributed by atoms with Crippen LogP contribution in [0.1, 0.15) is 40.5 Å². The highest BCUT2D eigenvalue weighted by Crippen LogP contribution is 2.39. The first kappa shape index (κ1) is 18.1. The molecule has 2 fully saturated rings. The Morgan fingerprint density at radius 1 is 1.15 bits per heavy atom. The number of hydrogen-bond acceptors (Lipinski definition) is 5. The molecule has 4 heterocycles. The van der Waals surface area contributed by atoms with Gasteiger partial charge in [-0.2, -0.15) is 0 Å². The molecule has 1 amide bonds. The summed E-state index contributed by atoms with van der Waals surface area (Å²) in [6, 6.07) is 8.68. The van der Waals surface area contributed by atoms with Crippen molar-refractivity contribution in [1.82, 2.24) is 19.8 Å². The summed E-state index contributed by atoms with van der Waals surface area (Å²) in [5, 5.41) is 0. The lowest BCUT2D eigenvalue weighted by atomic mass is 9.87. The maximum Gasteiger partial charge on any atom is 0.255 e. The second kappa shape index (κ2) is 7.74. The fraction of sp³-hybridized carbons (Fsp3) is 0.476. The molecule has 0 spiro atoms. The van der Waals surface area contributed by atoms with E-state index in [0.717, 1.165) is 38.2 Å². The fourth-order valence-corrected chi connectivity index (χ4v) is 4.22. The van der Waals surface area contributed by atoms with Gasteiger partial charge in [-0.05, 0) is 49.6 Å². The Labute approximate surface area is 160 Å². The van der Waals surface area contributed by atoms with Gasteiger partial charge in [0, 0.05) is 57.1 Å². The second-order valence-corrected chi connectivity index (χ2v) is 7.41. The number of piperidine rings is 1. The second-order valence-electron chi connectivity index (χ2n) is 7.41. The molecule has 0 aromatic carbocycles. The Morgan fingerprint density at radius 3 is 2.52 bits per heavy atom. The minimum atomic E-state index is 0.0880. The van der Waals surface area contributed by atoms with E-state index < -0.39 is 0 Å². The van der Waals surface area contributed by atoms with Gasteiger partial charge < -0.3 is 9.64 Å². The van der Waals surface area contributed by atoms with Crippen molar-refractivity contribution >= 4 is 5.91 Å². The highest BCUT2D eigenvalue weighted by molar-refractivity contribution is 5.94. The van der Waals surface area contributed by atoms with Gasteiger partial charge in [0.05, 0.1) is 17.7 Å². The van der Waals surface area contributed by atoms with Crippen LogP contribution in [0.3, 0.4) is 0 Å². The van der Waals surface area contributed by atoms with Crippen LogP contribution in [-0.4, -0.2) is 64.6 Å². The van der Waals surface area contributed by atoms with E-state index in [2.05, 4.69) is 27.0 Å². The molecular formula is C21H26N4O2. The first-order valence-electron chi connectivity index (χ1n) is 9.58. The van der Waals surface area contributed by atoms with Gasteiger partial charge in [0.2, 0.25) is 0 Å². The molecule has 4 rings (SSSR count). The van der Waals surface area contributed by atoms with E-state index in [9.17, 15) is 4.79 Å². The Hall–Kier alpha value is -2.31. The highest BCUT2D eigenvalue weighted by atomic mass is 16.5. The van der Waals surface area contributed by atoms with Crippen LogP contribution in [0.5, 0.6) is 0 Å². The van der Waals surface area contributed by atoms with Crippen LogP contribution < -0.4 is 0 Å². The molecule has 2 aromatic rings. The van der Waals surface area contributed by atoms with Gasteiger partial charge in [-0.1, -0.05) is 0 Å². The number of carbonyl (C=O) groups excluding carboxylic acids is 1. The molecule has 2 saturated heterocycles. The molecule has 6 heteroatoms. The summed E-state index contributed by atoms with van der Waals surface area (Å²) in [7, 11) is 1.78. The molecule has 2 unspecified atom stereocenters. The van der Waals surface area contributed by atoms with Gasteiger partial charge in [0.1, 0.15) is 0 Å². The van der Waals surface area contributed by atoms with Gasteiger partial charge in [-0.3, -0.25) is 19.7 Å². The summed E-state index contributed by atoms with van der Waals surface area (Å²) >= 11 is 0. The number of aryl methyl sites for hydroxylation is 1. The Bertz CT molecular complexity index is 773. The number of rotatable bonds is 4. The summed E-state index contributed by atoms with van der Waals surface area (Å²) < 4.78 is 5.67. The van der Waals surface area contributed by atoms with Gasteiger partial charge in [-0.15, -0.1) is 0 Å². The van der Waals surface area contributed by atoms with Gasteiger partial charge in [-0.25, -0.2) is 0 Å². The van der Waals surface area contributed by atoms with Crippen LogP contribution in [0.15, 0.2) is 42.9 Å². The molecule has 0 radical (unpaired) electrons. The molecule has 2 aromatic heterocycles. The maximum atomic E-state index is 12.7. The molecule has 27 heavy (non-hydrogen) atoms. The van der Waals surface area contributed by atoms with E-state index in [1.54, 1.807) is 13.3 Å². The van der Waals surface area contributed by atoms with Gasteiger partial charge >= 0.3 is 0 Å². The minimum Gasteiger partial charge on any atom is -0.378 e. The van der Waals surface area contributed by atoms with Crippen LogP contribution in [0.25, 0.3) is 0 Å². The average Bonchev–Trinajstić information content (AvgIpc) is 2.69. The summed E-state index contributed by atoms with van der Waals surface area (Å²) in [4.78, 5) is 25.6. The number of amides is 1. The first-order valence-corrected chi connectivity index (χ1v) is 9.58. The van der Waals surface area contributed by atoms with Crippen molar-refractivity contribution in [3.63, 3.8) is 0 Å². The SMILES string of the molecule is COC1CN(C2CCN(C(=O)c3ccc(C)nc3)CC2)C1c1ccncc1. The monoisotopic (exact) mass is 366 g/mol. The van der Waals surface area contributed by atoms with Crippen molar-refractivity contribution in [2.45, 2.75) is 38.0 Å². The van der Waals surface area contributed by atoms with Crippen molar-refractivity contribution in [2.75, 3.05) is 26.7 Å². The number of aromatic nitrogens is 2. The average molecular weight is 366 g/mol. The van der Waals surface area contributed by atoms with E-state index in [0.29, 0.717) is 11.6 Å². The van der Waals surface area contributed by atoms with E-state index >= 15 is 0 Å². The van der Waals surface area contributed by atoms with Crippen LogP contribution in [0.4, 0.5) is 0 Å². The summed E-state index contributed by atoms with van der Waals surface area (Å²) in [6.07, 6.45) is 7.57. The first-order chi connectivity index (χ1) is 13.2. The highest BCUT2D eigenvalue weighted by Gasteiger charge is 2.44. The molecule has 0 saturated carbocycles. The molecule has 2 atom stereocenters. The lowest BCUT2D eigenvalue weighted by Crippen LogP contribution is -2.60. The molecule has 0 N–H and O–H groups in total. The van der Waals surface area contributed by atoms with E-state index in [1.807, 2.05) is 36.4 Å². The number of pyridine rings is 2. The number of likely N-dealkylation sites (tertiary alicyclic amines) is 2. The number of ether oxygens (including phenoxy) is 1. The Kier molecular flexibility index (Phi) is 5.18. The number of nitrogens with zero attached hydrogens (tertiary/aromatic N) is 4. The standard InChI is InChI=1S/C21H26N4O2/c1-15-3-4-17(13-23-15)21(26)24-11-7-18(8-12-24)25-14-19(27-2)20(25)16-5-9-22-10-6-16/h3-6,9-10,13,18-20H,7-8,11-12,14H2,1-2H3. The van der Waals surface area contributed by atoms with Crippen LogP contribution in [0.2, 0.25) is 0 Å². The largest absolute Gasteiger partial charge is 0.378 e. The molecule has 2 aliphatic heterocycles. The number of hydrogen-bond donors (Lipinski definition) is 0. The lowest BCUT2D eigenvalue weighted by molar-refractivity contribution is -0.115. The van der Waals surface area contributed by atoms with Crippen LogP contribution in [0, 0.1) is 6.92 Å². The zero-order chi connectivity index (χ0) is 18.8. The third-order valence-electron chi connectivity index (χ3n) is 5.83. The van der Waals surface area contributed by atoms with Crippen molar-refractivity contribution in [3.05, 3.63) is 59.7 Å². The molecule has 142 valence electrons. The minimum absolute atomic E-state index is 0.0880. The zero-order valence-corrected chi connectivity index (χ0v) is 15.9. The quantitative estimate of drug-likeness (QED) is 0.832. The van der Waals surface area contributed by atoms with Crippen molar-refractivity contribution < 1.29 is 9.53 Å². The van der Waals surface area contributed by atoms with Crippen LogP contribution in [-0.2, 0) is 4.74 Å². The zero-order valence-electron chi connectivity index (χ0n) is 15.9. The third kappa shape index (κ3) is 3.59. The summed E-state index contributed by atoms with van der Waals surface area (Å²) in [5.74, 6) is 0.0880. The molecule has 6 nitrogen and oxygen atoms in total. The van der Waals surface area contributed by atoms with E-state index in [1.165, 1.54) is 5.56 Å². The Balaban J connectivity index is 1.39. The third-order valence-corrected chi connectivity index (χ3v) is 5.83. The maximum absolute atomic E-state index is 12.7. The number of methoxy groups -OCH3 is 1. The predicted octanol–water partition coefficient (Wildman–Crippen LogP) is 2.46. The van der Waals surface area contributed by atoms with Gasteiger partial charge in [0.25, 0.3) is 5.91 Å². The molecule has 0 bridgehead atoms. The predicted molar refractivity (Wildman–Crippen MR) is 102 cm³/mol. The number of carbonyl (C=O) groups is 1. The molecular weight excluding hydrogens is 340 g/mol. The summed E-state index contributed by atoms with van der Waals surface area (Å²) in [6.45, 7) is 4.45. The molecule has 2 aliphatic rings.